The van der Waals surface area contributed by atoms with Crippen LogP contribution in [0.15, 0.2) is 18.7 Å². The first-order valence-electron chi connectivity index (χ1n) is 4.48. The molecule has 0 fully saturated rings. The molecule has 1 aromatic rings. The zero-order valence-corrected chi connectivity index (χ0v) is 8.04. The van der Waals surface area contributed by atoms with E-state index in [0.717, 1.165) is 12.8 Å². The summed E-state index contributed by atoms with van der Waals surface area (Å²) < 4.78 is 0. The maximum Gasteiger partial charge on any atom is 0.115 e. The van der Waals surface area contributed by atoms with Gasteiger partial charge in [-0.3, -0.25) is 0 Å². The summed E-state index contributed by atoms with van der Waals surface area (Å²) in [4.78, 5) is 8.07. The molecule has 0 amide bonds. The molecule has 0 aromatic carbocycles. The molecule has 0 spiro atoms. The Balaban J connectivity index is 2.95. The fourth-order valence-corrected chi connectivity index (χ4v) is 1.27. The van der Waals surface area contributed by atoms with Crippen LogP contribution in [-0.2, 0) is 5.31 Å². The minimum atomic E-state index is 0.251. The minimum Gasteiger partial charge on any atom is -0.245 e. The SMILES string of the molecule is BC(CC)(CC)c1cncnc1. The van der Waals surface area contributed by atoms with E-state index in [1.807, 2.05) is 12.4 Å². The van der Waals surface area contributed by atoms with E-state index in [2.05, 4.69) is 31.7 Å². The van der Waals surface area contributed by atoms with Crippen molar-refractivity contribution in [2.45, 2.75) is 32.0 Å². The lowest BCUT2D eigenvalue weighted by Crippen LogP contribution is -2.24. The van der Waals surface area contributed by atoms with E-state index in [1.165, 1.54) is 5.56 Å². The quantitative estimate of drug-likeness (QED) is 0.622. The molecule has 12 heavy (non-hydrogen) atoms. The van der Waals surface area contributed by atoms with E-state index in [4.69, 9.17) is 0 Å². The topological polar surface area (TPSA) is 25.8 Å². The van der Waals surface area contributed by atoms with Crippen molar-refractivity contribution in [1.82, 2.24) is 9.97 Å². The Labute approximate surface area is 74.8 Å². The highest BCUT2D eigenvalue weighted by Gasteiger charge is 2.22. The van der Waals surface area contributed by atoms with Gasteiger partial charge >= 0.3 is 0 Å². The number of aromatic nitrogens is 2. The van der Waals surface area contributed by atoms with E-state index in [-0.39, 0.29) is 5.31 Å². The van der Waals surface area contributed by atoms with Gasteiger partial charge in [-0.15, -0.1) is 0 Å². The minimum absolute atomic E-state index is 0.251. The summed E-state index contributed by atoms with van der Waals surface area (Å²) in [7, 11) is 2.26. The lowest BCUT2D eigenvalue weighted by molar-refractivity contribution is 0.560. The van der Waals surface area contributed by atoms with Gasteiger partial charge in [-0.25, -0.2) is 9.97 Å². The molecule has 64 valence electrons. The molecular weight excluding hydrogens is 147 g/mol. The fraction of sp³-hybridized carbons (Fsp3) is 0.556. The molecule has 0 saturated heterocycles. The Kier molecular flexibility index (Phi) is 2.85. The lowest BCUT2D eigenvalue weighted by atomic mass is 9.61. The molecule has 0 atom stereocenters. The Morgan fingerprint density at radius 2 is 1.75 bits per heavy atom. The van der Waals surface area contributed by atoms with Crippen molar-refractivity contribution in [2.24, 2.45) is 0 Å². The van der Waals surface area contributed by atoms with E-state index in [1.54, 1.807) is 6.33 Å². The lowest BCUT2D eigenvalue weighted by Gasteiger charge is -2.26. The van der Waals surface area contributed by atoms with Crippen LogP contribution < -0.4 is 0 Å². The molecule has 1 heterocycles. The number of hydrogen-bond acceptors (Lipinski definition) is 2. The standard InChI is InChI=1S/C9H15BN2/c1-3-9(10,4-2)8-5-11-7-12-6-8/h5-7H,3-4,10H2,1-2H3. The average Bonchev–Trinajstić information content (AvgIpc) is 2.18. The summed E-state index contributed by atoms with van der Waals surface area (Å²) in [6.07, 6.45) is 7.68. The first-order chi connectivity index (χ1) is 5.73. The van der Waals surface area contributed by atoms with Gasteiger partial charge in [0.25, 0.3) is 0 Å². The summed E-state index contributed by atoms with van der Waals surface area (Å²) >= 11 is 0. The van der Waals surface area contributed by atoms with Crippen LogP contribution in [0.5, 0.6) is 0 Å². The predicted octanol–water partition coefficient (Wildman–Crippen LogP) is 1.12. The summed E-state index contributed by atoms with van der Waals surface area (Å²) in [5, 5.41) is 0.251. The largest absolute Gasteiger partial charge is 0.245 e. The van der Waals surface area contributed by atoms with Crippen LogP contribution in [0.2, 0.25) is 0 Å². The molecule has 0 aliphatic carbocycles. The van der Waals surface area contributed by atoms with Gasteiger partial charge in [-0.05, 0) is 10.9 Å². The van der Waals surface area contributed by atoms with Gasteiger partial charge in [0.2, 0.25) is 0 Å². The maximum atomic E-state index is 4.04. The first-order valence-corrected chi connectivity index (χ1v) is 4.48. The van der Waals surface area contributed by atoms with Crippen molar-refractivity contribution < 1.29 is 0 Å². The maximum absolute atomic E-state index is 4.04. The van der Waals surface area contributed by atoms with Crippen LogP contribution in [0.4, 0.5) is 0 Å². The zero-order valence-electron chi connectivity index (χ0n) is 8.04. The second-order valence-corrected chi connectivity index (χ2v) is 3.39. The van der Waals surface area contributed by atoms with Crippen LogP contribution >= 0.6 is 0 Å². The smallest absolute Gasteiger partial charge is 0.115 e. The highest BCUT2D eigenvalue weighted by atomic mass is 14.8. The molecule has 1 rings (SSSR count). The molecule has 0 N–H and O–H groups in total. The molecule has 1 aromatic heterocycles. The fourth-order valence-electron chi connectivity index (χ4n) is 1.27. The third-order valence-corrected chi connectivity index (χ3v) is 2.82. The Hall–Kier alpha value is -0.855. The van der Waals surface area contributed by atoms with E-state index in [0.29, 0.717) is 0 Å². The second-order valence-electron chi connectivity index (χ2n) is 3.39. The van der Waals surface area contributed by atoms with Gasteiger partial charge < -0.3 is 0 Å². The summed E-state index contributed by atoms with van der Waals surface area (Å²) in [6.45, 7) is 4.41. The summed E-state index contributed by atoms with van der Waals surface area (Å²) in [5.41, 5.74) is 1.25. The van der Waals surface area contributed by atoms with Gasteiger partial charge in [-0.1, -0.05) is 26.7 Å². The molecule has 0 aliphatic heterocycles. The van der Waals surface area contributed by atoms with Gasteiger partial charge in [0.15, 0.2) is 0 Å². The van der Waals surface area contributed by atoms with Gasteiger partial charge in [-0.2, -0.15) is 0 Å². The van der Waals surface area contributed by atoms with Crippen molar-refractivity contribution in [2.75, 3.05) is 0 Å². The van der Waals surface area contributed by atoms with E-state index in [9.17, 15) is 0 Å². The molecule has 0 radical (unpaired) electrons. The number of nitrogens with zero attached hydrogens (tertiary/aromatic N) is 2. The van der Waals surface area contributed by atoms with Crippen molar-refractivity contribution in [3.05, 3.63) is 24.3 Å². The first kappa shape index (κ1) is 9.23. The Bertz CT molecular complexity index is 232. The van der Waals surface area contributed by atoms with Crippen LogP contribution in [-0.4, -0.2) is 17.8 Å². The Morgan fingerprint density at radius 3 is 2.17 bits per heavy atom. The third kappa shape index (κ3) is 1.66. The number of rotatable bonds is 3. The van der Waals surface area contributed by atoms with Crippen molar-refractivity contribution in [1.29, 1.82) is 0 Å². The van der Waals surface area contributed by atoms with Gasteiger partial charge in [0.05, 0.1) is 0 Å². The Morgan fingerprint density at radius 1 is 1.25 bits per heavy atom. The van der Waals surface area contributed by atoms with Crippen molar-refractivity contribution in [3.8, 4) is 0 Å². The molecule has 0 unspecified atom stereocenters. The third-order valence-electron chi connectivity index (χ3n) is 2.82. The zero-order chi connectivity index (χ0) is 9.03. The monoisotopic (exact) mass is 162 g/mol. The highest BCUT2D eigenvalue weighted by Crippen LogP contribution is 2.26. The van der Waals surface area contributed by atoms with Gasteiger partial charge in [0.1, 0.15) is 14.2 Å². The molecule has 0 aliphatic rings. The molecule has 0 bridgehead atoms. The molecule has 3 heteroatoms. The molecule has 0 saturated carbocycles. The van der Waals surface area contributed by atoms with Crippen LogP contribution in [0.3, 0.4) is 0 Å². The van der Waals surface area contributed by atoms with E-state index >= 15 is 0 Å². The second kappa shape index (κ2) is 3.70. The predicted molar refractivity (Wildman–Crippen MR) is 52.8 cm³/mol. The van der Waals surface area contributed by atoms with Crippen LogP contribution in [0.1, 0.15) is 32.3 Å². The van der Waals surface area contributed by atoms with Gasteiger partial charge in [0, 0.05) is 12.4 Å². The summed E-state index contributed by atoms with van der Waals surface area (Å²) in [6, 6.07) is 0. The highest BCUT2D eigenvalue weighted by molar-refractivity contribution is 6.15. The summed E-state index contributed by atoms with van der Waals surface area (Å²) in [5.74, 6) is 0. The molecule has 2 nitrogen and oxygen atoms in total. The van der Waals surface area contributed by atoms with Crippen LogP contribution in [0, 0.1) is 0 Å². The number of hydrogen-bond donors (Lipinski definition) is 0. The average molecular weight is 162 g/mol. The van der Waals surface area contributed by atoms with Crippen molar-refractivity contribution >= 4 is 7.85 Å². The van der Waals surface area contributed by atoms with Crippen LogP contribution in [0.25, 0.3) is 0 Å². The van der Waals surface area contributed by atoms with E-state index < -0.39 is 0 Å². The molecular formula is C9H15BN2. The normalized spacial score (nSPS) is 11.5. The van der Waals surface area contributed by atoms with Crippen molar-refractivity contribution in [3.63, 3.8) is 0 Å².